The number of hydrogen-bond donors (Lipinski definition) is 10. The molecule has 0 unspecified atom stereocenters. The summed E-state index contributed by atoms with van der Waals surface area (Å²) in [5.41, 5.74) is 1.56. The number of ether oxygens (including phenoxy) is 2. The first kappa shape index (κ1) is 45.9. The molecule has 3 aliphatic rings. The van der Waals surface area contributed by atoms with Gasteiger partial charge in [0.25, 0.3) is 11.8 Å². The summed E-state index contributed by atoms with van der Waals surface area (Å²) in [6, 6.07) is 1.33. The number of anilines is 2. The molecular formula is C39H49N11O13. The highest BCUT2D eigenvalue weighted by Crippen LogP contribution is 2.26. The Morgan fingerprint density at radius 2 is 1.67 bits per heavy atom. The molecule has 63 heavy (non-hydrogen) atoms. The molecule has 10 N–H and O–H groups in total. The first-order valence-corrected chi connectivity index (χ1v) is 20.0. The Hall–Kier alpha value is -6.60. The molecule has 2 fully saturated rings. The van der Waals surface area contributed by atoms with Gasteiger partial charge in [-0.15, -0.1) is 0 Å². The van der Waals surface area contributed by atoms with Crippen LogP contribution >= 0.6 is 0 Å². The van der Waals surface area contributed by atoms with Crippen LogP contribution in [0.5, 0.6) is 0 Å². The predicted molar refractivity (Wildman–Crippen MR) is 216 cm³/mol. The Morgan fingerprint density at radius 3 is 2.35 bits per heavy atom. The largest absolute Gasteiger partial charge is 0.445 e. The Bertz CT molecular complexity index is 2200. The zero-order chi connectivity index (χ0) is 45.5. The van der Waals surface area contributed by atoms with Crippen molar-refractivity contribution in [3.63, 3.8) is 0 Å². The van der Waals surface area contributed by atoms with Gasteiger partial charge in [-0.25, -0.2) is 19.7 Å². The number of aromatic nitrogens is 4. The molecule has 338 valence electrons. The number of imidazole rings is 1. The molecule has 5 heterocycles. The first-order chi connectivity index (χ1) is 30.1. The molecule has 9 atom stereocenters. The number of benzene rings is 1. The van der Waals surface area contributed by atoms with Gasteiger partial charge >= 0.3 is 6.09 Å². The second kappa shape index (κ2) is 20.1. The van der Waals surface area contributed by atoms with Crippen molar-refractivity contribution in [3.05, 3.63) is 54.6 Å². The van der Waals surface area contributed by atoms with Gasteiger partial charge in [-0.05, 0) is 37.0 Å². The van der Waals surface area contributed by atoms with Crippen LogP contribution in [-0.2, 0) is 44.8 Å². The van der Waals surface area contributed by atoms with Crippen LogP contribution in [0.2, 0.25) is 0 Å². The molecule has 24 nitrogen and oxygen atoms in total. The lowest BCUT2D eigenvalue weighted by atomic mass is 9.94. The van der Waals surface area contributed by atoms with Crippen LogP contribution in [0.4, 0.5) is 16.3 Å². The van der Waals surface area contributed by atoms with Crippen LogP contribution in [0, 0.1) is 5.92 Å². The molecule has 1 aromatic carbocycles. The zero-order valence-corrected chi connectivity index (χ0v) is 34.3. The minimum Gasteiger partial charge on any atom is -0.445 e. The number of rotatable bonds is 16. The summed E-state index contributed by atoms with van der Waals surface area (Å²) in [6.07, 6.45) is -3.46. The normalized spacial score (nSPS) is 24.3. The number of likely N-dealkylation sites (tertiary alicyclic amines) is 1. The lowest BCUT2D eigenvalue weighted by molar-refractivity contribution is -0.186. The van der Waals surface area contributed by atoms with E-state index in [9.17, 15) is 54.0 Å². The minimum absolute atomic E-state index is 0.0271. The Balaban J connectivity index is 0.964. The molecular weight excluding hydrogens is 830 g/mol. The van der Waals surface area contributed by atoms with E-state index in [0.29, 0.717) is 22.4 Å². The van der Waals surface area contributed by atoms with Crippen LogP contribution in [0.1, 0.15) is 39.2 Å². The standard InChI is InChI=1S/C39H49N11O13/c1-18(2)27(46-24(53)11-13-49-25(54)8-9-26(49)55)36(59)44-19(3)35(58)45-21-6-4-20(5-7-21)15-62-39(61)50-12-10-22(52)30(50)37(60)47-28-23(14-51)63-38(32(57)31(28)56)48-34-29-33(41-16-40-29)42-17-43-34/h4-9,16-19,22-23,27-28,30-32,38,51-52,56-57H,10-15H2,1-3H3,(H,44,59)(H,45,58)(H,46,53)(H,47,60)(H2,40,41,42,43,48)/t19-,22+,23-,27-,28-,30+,31+,32-,38-/m0/s1. The molecule has 2 aromatic heterocycles. The lowest BCUT2D eigenvalue weighted by Crippen LogP contribution is -2.67. The maximum atomic E-state index is 13.5. The van der Waals surface area contributed by atoms with Crippen LogP contribution < -0.4 is 26.6 Å². The highest BCUT2D eigenvalue weighted by molar-refractivity contribution is 6.13. The van der Waals surface area contributed by atoms with Gasteiger partial charge in [0.1, 0.15) is 54.9 Å². The zero-order valence-electron chi connectivity index (χ0n) is 34.3. The smallest absolute Gasteiger partial charge is 0.410 e. The fourth-order valence-electron chi connectivity index (χ4n) is 7.15. The van der Waals surface area contributed by atoms with Crippen LogP contribution in [0.25, 0.3) is 11.2 Å². The highest BCUT2D eigenvalue weighted by Gasteiger charge is 2.48. The summed E-state index contributed by atoms with van der Waals surface area (Å²) in [5.74, 6) is -3.88. The van der Waals surface area contributed by atoms with Gasteiger partial charge < -0.3 is 61.5 Å². The van der Waals surface area contributed by atoms with E-state index in [1.54, 1.807) is 26.0 Å². The van der Waals surface area contributed by atoms with E-state index in [4.69, 9.17) is 9.47 Å². The third kappa shape index (κ3) is 10.7. The van der Waals surface area contributed by atoms with E-state index >= 15 is 0 Å². The van der Waals surface area contributed by atoms with E-state index in [-0.39, 0.29) is 44.3 Å². The molecule has 0 aliphatic carbocycles. The van der Waals surface area contributed by atoms with E-state index in [1.165, 1.54) is 31.7 Å². The van der Waals surface area contributed by atoms with Crippen molar-refractivity contribution in [1.29, 1.82) is 0 Å². The summed E-state index contributed by atoms with van der Waals surface area (Å²) < 4.78 is 11.2. The van der Waals surface area contributed by atoms with Gasteiger partial charge in [-0.3, -0.25) is 38.6 Å². The summed E-state index contributed by atoms with van der Waals surface area (Å²) in [7, 11) is 0. The van der Waals surface area contributed by atoms with Crippen molar-refractivity contribution in [3.8, 4) is 0 Å². The minimum atomic E-state index is -1.68. The van der Waals surface area contributed by atoms with Crippen molar-refractivity contribution < 1.29 is 63.5 Å². The number of nitrogens with zero attached hydrogens (tertiary/aromatic N) is 5. The molecule has 0 radical (unpaired) electrons. The van der Waals surface area contributed by atoms with E-state index in [0.717, 1.165) is 22.0 Å². The number of aliphatic hydroxyl groups is 4. The second-order valence-corrected chi connectivity index (χ2v) is 15.4. The maximum Gasteiger partial charge on any atom is 0.410 e. The number of aromatic amines is 1. The molecule has 0 bridgehead atoms. The molecule has 0 spiro atoms. The van der Waals surface area contributed by atoms with Crippen LogP contribution in [-0.4, -0.2) is 166 Å². The third-order valence-corrected chi connectivity index (χ3v) is 10.7. The fraction of sp³-hybridized carbons (Fsp3) is 0.487. The van der Waals surface area contributed by atoms with Crippen molar-refractivity contribution in [1.82, 2.24) is 45.7 Å². The average molecular weight is 880 g/mol. The van der Waals surface area contributed by atoms with E-state index < -0.39 is 103 Å². The topological polar surface area (TPSA) is 340 Å². The summed E-state index contributed by atoms with van der Waals surface area (Å²) in [5, 5.41) is 56.0. The lowest BCUT2D eigenvalue weighted by Gasteiger charge is -2.43. The molecule has 2 saturated heterocycles. The van der Waals surface area contributed by atoms with Crippen molar-refractivity contribution in [2.45, 2.75) is 95.0 Å². The van der Waals surface area contributed by atoms with Crippen LogP contribution in [0.3, 0.4) is 0 Å². The van der Waals surface area contributed by atoms with E-state index in [2.05, 4.69) is 46.5 Å². The van der Waals surface area contributed by atoms with Gasteiger partial charge in [0.05, 0.1) is 25.1 Å². The Morgan fingerprint density at radius 1 is 0.952 bits per heavy atom. The first-order valence-electron chi connectivity index (χ1n) is 20.0. The number of H-pyrrole nitrogens is 1. The maximum absolute atomic E-state index is 13.5. The second-order valence-electron chi connectivity index (χ2n) is 15.4. The van der Waals surface area contributed by atoms with Gasteiger partial charge in [0.15, 0.2) is 17.7 Å². The Kier molecular flexibility index (Phi) is 14.6. The van der Waals surface area contributed by atoms with E-state index in [1.807, 2.05) is 0 Å². The fourth-order valence-corrected chi connectivity index (χ4v) is 7.15. The average Bonchev–Trinajstić information content (AvgIpc) is 3.99. The predicted octanol–water partition coefficient (Wildman–Crippen LogP) is -2.64. The van der Waals surface area contributed by atoms with Gasteiger partial charge in [0, 0.05) is 37.3 Å². The van der Waals surface area contributed by atoms with Crippen LogP contribution in [0.15, 0.2) is 49.1 Å². The van der Waals surface area contributed by atoms with Gasteiger partial charge in [-0.2, -0.15) is 0 Å². The monoisotopic (exact) mass is 879 g/mol. The summed E-state index contributed by atoms with van der Waals surface area (Å²) >= 11 is 0. The molecule has 3 aliphatic heterocycles. The number of imide groups is 1. The molecule has 24 heteroatoms. The molecule has 0 saturated carbocycles. The Labute approximate surface area is 358 Å². The quantitative estimate of drug-likeness (QED) is 0.0658. The number of aliphatic hydroxyl groups excluding tert-OH is 4. The highest BCUT2D eigenvalue weighted by atomic mass is 16.6. The summed E-state index contributed by atoms with van der Waals surface area (Å²) in [6.45, 7) is 3.70. The number of amides is 7. The number of carbonyl (C=O) groups excluding carboxylic acids is 7. The molecule has 6 rings (SSSR count). The van der Waals surface area contributed by atoms with Gasteiger partial charge in [0.2, 0.25) is 23.6 Å². The van der Waals surface area contributed by atoms with Crippen molar-refractivity contribution in [2.75, 3.05) is 30.3 Å². The SMILES string of the molecule is CC(C)[C@H](NC(=O)CCN1C(=O)C=CC1=O)C(=O)N[C@@H](C)C(=O)Nc1ccc(COC(=O)N2CC[C@@H](O)[C@@H]2C(=O)N[C@@H]2[C@@H](O)[C@H](O)[C@@H](Nc3ncnc4nc[nH]c34)O[C@H]2CO)cc1. The third-order valence-electron chi connectivity index (χ3n) is 10.7. The summed E-state index contributed by atoms with van der Waals surface area (Å²) in [4.78, 5) is 106. The van der Waals surface area contributed by atoms with Crippen molar-refractivity contribution >= 4 is 64.2 Å². The number of fused-ring (bicyclic) bond motifs is 1. The number of nitrogens with one attached hydrogen (secondary N) is 6. The molecule has 3 aromatic rings. The number of carbonyl (C=O) groups is 7. The number of hydrogen-bond acceptors (Lipinski definition) is 17. The van der Waals surface area contributed by atoms with Gasteiger partial charge in [-0.1, -0.05) is 26.0 Å². The molecule has 7 amide bonds. The van der Waals surface area contributed by atoms with Crippen molar-refractivity contribution in [2.24, 2.45) is 5.92 Å².